The molecule has 0 aliphatic carbocycles. The van der Waals surface area contributed by atoms with Crippen molar-refractivity contribution in [3.63, 3.8) is 0 Å². The summed E-state index contributed by atoms with van der Waals surface area (Å²) in [7, 11) is 0. The fourth-order valence-electron chi connectivity index (χ4n) is 1.73. The van der Waals surface area contributed by atoms with Crippen LogP contribution < -0.4 is 10.1 Å². The molecule has 2 aromatic rings. The molecule has 0 aromatic heterocycles. The van der Waals surface area contributed by atoms with Crippen LogP contribution in [-0.4, -0.2) is 6.04 Å². The largest absolute Gasteiger partial charge is 0.456 e. The van der Waals surface area contributed by atoms with Crippen LogP contribution in [0.2, 0.25) is 10.0 Å². The van der Waals surface area contributed by atoms with Crippen LogP contribution in [-0.2, 0) is 6.54 Å². The molecule has 5 heteroatoms. The first-order valence-electron chi connectivity index (χ1n) is 6.60. The second kappa shape index (κ2) is 7.50. The number of ether oxygens (including phenoxy) is 1. The minimum atomic E-state index is 0.443. The number of benzene rings is 2. The highest BCUT2D eigenvalue weighted by atomic mass is 79.9. The molecule has 2 rings (SSSR count). The number of hydrogen-bond donors (Lipinski definition) is 1. The first-order chi connectivity index (χ1) is 9.95. The number of halogens is 3. The average Bonchev–Trinajstić information content (AvgIpc) is 2.42. The van der Waals surface area contributed by atoms with Gasteiger partial charge in [0.1, 0.15) is 11.5 Å². The fourth-order valence-corrected chi connectivity index (χ4v) is 2.55. The molecule has 112 valence electrons. The van der Waals surface area contributed by atoms with E-state index in [4.69, 9.17) is 27.9 Å². The molecule has 0 atom stereocenters. The van der Waals surface area contributed by atoms with Crippen molar-refractivity contribution in [3.8, 4) is 11.5 Å². The molecule has 0 saturated heterocycles. The maximum atomic E-state index is 6.10. The van der Waals surface area contributed by atoms with Gasteiger partial charge in [-0.3, -0.25) is 0 Å². The van der Waals surface area contributed by atoms with Crippen molar-refractivity contribution in [3.05, 3.63) is 56.5 Å². The lowest BCUT2D eigenvalue weighted by molar-refractivity contribution is 0.482. The number of hydrogen-bond acceptors (Lipinski definition) is 2. The average molecular weight is 389 g/mol. The van der Waals surface area contributed by atoms with Gasteiger partial charge in [0.2, 0.25) is 0 Å². The maximum Gasteiger partial charge on any atom is 0.147 e. The number of rotatable bonds is 5. The summed E-state index contributed by atoms with van der Waals surface area (Å²) in [5, 5.41) is 4.50. The minimum Gasteiger partial charge on any atom is -0.456 e. The summed E-state index contributed by atoms with van der Waals surface area (Å²) in [5.41, 5.74) is 1.17. The van der Waals surface area contributed by atoms with Crippen LogP contribution in [0.15, 0.2) is 40.9 Å². The third-order valence-corrected chi connectivity index (χ3v) is 4.13. The molecule has 2 nitrogen and oxygen atoms in total. The molecule has 1 N–H and O–H groups in total. The normalized spacial score (nSPS) is 11.0. The second-order valence-electron chi connectivity index (χ2n) is 4.97. The van der Waals surface area contributed by atoms with E-state index in [0.29, 0.717) is 27.6 Å². The lowest BCUT2D eigenvalue weighted by Gasteiger charge is -2.12. The van der Waals surface area contributed by atoms with E-state index in [9.17, 15) is 0 Å². The van der Waals surface area contributed by atoms with Gasteiger partial charge in [-0.2, -0.15) is 0 Å². The van der Waals surface area contributed by atoms with E-state index in [1.54, 1.807) is 18.2 Å². The van der Waals surface area contributed by atoms with Gasteiger partial charge in [-0.15, -0.1) is 0 Å². The molecule has 2 aromatic carbocycles. The van der Waals surface area contributed by atoms with Crippen molar-refractivity contribution >= 4 is 39.1 Å². The highest BCUT2D eigenvalue weighted by molar-refractivity contribution is 9.10. The van der Waals surface area contributed by atoms with Crippen molar-refractivity contribution in [1.29, 1.82) is 0 Å². The third-order valence-electron chi connectivity index (χ3n) is 2.85. The standard InChI is InChI=1S/C16H16BrCl2NO/c1-10(2)20-9-11-3-5-13(8-14(11)17)21-16-7-12(18)4-6-15(16)19/h3-8,10,20H,9H2,1-2H3. The summed E-state index contributed by atoms with van der Waals surface area (Å²) in [5.74, 6) is 1.25. The van der Waals surface area contributed by atoms with Gasteiger partial charge >= 0.3 is 0 Å². The zero-order chi connectivity index (χ0) is 15.4. The van der Waals surface area contributed by atoms with Crippen molar-refractivity contribution in [2.75, 3.05) is 0 Å². The van der Waals surface area contributed by atoms with E-state index >= 15 is 0 Å². The molecule has 0 heterocycles. The Labute approximate surface area is 143 Å². The maximum absolute atomic E-state index is 6.10. The lowest BCUT2D eigenvalue weighted by Crippen LogP contribution is -2.21. The Balaban J connectivity index is 2.14. The van der Waals surface area contributed by atoms with Crippen LogP contribution in [0.25, 0.3) is 0 Å². The van der Waals surface area contributed by atoms with Crippen molar-refractivity contribution in [1.82, 2.24) is 5.32 Å². The van der Waals surface area contributed by atoms with E-state index in [-0.39, 0.29) is 0 Å². The third kappa shape index (κ3) is 4.89. The Morgan fingerprint density at radius 1 is 1.14 bits per heavy atom. The quantitative estimate of drug-likeness (QED) is 0.673. The van der Waals surface area contributed by atoms with E-state index in [0.717, 1.165) is 11.0 Å². The van der Waals surface area contributed by atoms with Gasteiger partial charge < -0.3 is 10.1 Å². The first kappa shape index (κ1) is 16.6. The zero-order valence-electron chi connectivity index (χ0n) is 11.8. The summed E-state index contributed by atoms with van der Waals surface area (Å²) < 4.78 is 6.78. The van der Waals surface area contributed by atoms with E-state index in [1.807, 2.05) is 18.2 Å². The van der Waals surface area contributed by atoms with Crippen LogP contribution >= 0.6 is 39.1 Å². The Hall–Kier alpha value is -0.740. The van der Waals surface area contributed by atoms with Crippen LogP contribution in [0.5, 0.6) is 11.5 Å². The Kier molecular flexibility index (Phi) is 5.94. The smallest absolute Gasteiger partial charge is 0.147 e. The molecule has 0 saturated carbocycles. The predicted octanol–water partition coefficient (Wildman–Crippen LogP) is 6.05. The molecule has 0 aliphatic rings. The Bertz CT molecular complexity index is 632. The summed E-state index contributed by atoms with van der Waals surface area (Å²) in [6.07, 6.45) is 0. The lowest BCUT2D eigenvalue weighted by atomic mass is 10.2. The summed E-state index contributed by atoms with van der Waals surface area (Å²) in [6, 6.07) is 11.5. The van der Waals surface area contributed by atoms with Gasteiger partial charge in [0.05, 0.1) is 5.02 Å². The topological polar surface area (TPSA) is 21.3 Å². The minimum absolute atomic E-state index is 0.443. The highest BCUT2D eigenvalue weighted by Gasteiger charge is 2.07. The molecule has 0 aliphatic heterocycles. The van der Waals surface area contributed by atoms with Crippen LogP contribution in [0.4, 0.5) is 0 Å². The molecule has 0 spiro atoms. The Morgan fingerprint density at radius 2 is 1.90 bits per heavy atom. The van der Waals surface area contributed by atoms with Gasteiger partial charge in [0.15, 0.2) is 0 Å². The monoisotopic (exact) mass is 387 g/mol. The second-order valence-corrected chi connectivity index (χ2v) is 6.66. The summed E-state index contributed by atoms with van der Waals surface area (Å²) in [6.45, 7) is 5.04. The Morgan fingerprint density at radius 3 is 2.57 bits per heavy atom. The molecule has 0 amide bonds. The van der Waals surface area contributed by atoms with Crippen molar-refractivity contribution in [2.24, 2.45) is 0 Å². The van der Waals surface area contributed by atoms with Gasteiger partial charge in [0.25, 0.3) is 0 Å². The molecule has 0 fully saturated rings. The first-order valence-corrected chi connectivity index (χ1v) is 8.15. The summed E-state index contributed by atoms with van der Waals surface area (Å²) >= 11 is 15.6. The highest BCUT2D eigenvalue weighted by Crippen LogP contribution is 2.33. The van der Waals surface area contributed by atoms with Gasteiger partial charge in [-0.05, 0) is 29.8 Å². The van der Waals surface area contributed by atoms with Crippen molar-refractivity contribution in [2.45, 2.75) is 26.4 Å². The molecule has 0 bridgehead atoms. The molecular weight excluding hydrogens is 373 g/mol. The predicted molar refractivity (Wildman–Crippen MR) is 92.7 cm³/mol. The molecular formula is C16H16BrCl2NO. The van der Waals surface area contributed by atoms with Gasteiger partial charge in [-0.1, -0.05) is 59.0 Å². The van der Waals surface area contributed by atoms with Crippen molar-refractivity contribution < 1.29 is 4.74 Å². The van der Waals surface area contributed by atoms with Gasteiger partial charge in [0, 0.05) is 28.1 Å². The van der Waals surface area contributed by atoms with E-state index in [2.05, 4.69) is 35.1 Å². The van der Waals surface area contributed by atoms with E-state index in [1.165, 1.54) is 5.56 Å². The van der Waals surface area contributed by atoms with E-state index < -0.39 is 0 Å². The molecule has 21 heavy (non-hydrogen) atoms. The van der Waals surface area contributed by atoms with Crippen LogP contribution in [0.1, 0.15) is 19.4 Å². The zero-order valence-corrected chi connectivity index (χ0v) is 14.9. The van der Waals surface area contributed by atoms with Crippen LogP contribution in [0, 0.1) is 0 Å². The van der Waals surface area contributed by atoms with Crippen LogP contribution in [0.3, 0.4) is 0 Å². The summed E-state index contributed by atoms with van der Waals surface area (Å²) in [4.78, 5) is 0. The SMILES string of the molecule is CC(C)NCc1ccc(Oc2cc(Cl)ccc2Cl)cc1Br. The molecule has 0 unspecified atom stereocenters. The number of nitrogens with one attached hydrogen (secondary N) is 1. The van der Waals surface area contributed by atoms with Gasteiger partial charge in [-0.25, -0.2) is 0 Å². The fraction of sp³-hybridized carbons (Fsp3) is 0.250. The molecule has 0 radical (unpaired) electrons.